The summed E-state index contributed by atoms with van der Waals surface area (Å²) in [6.45, 7) is 3.01. The maximum absolute atomic E-state index is 14.9. The lowest BCUT2D eigenvalue weighted by Crippen LogP contribution is -2.16. The van der Waals surface area contributed by atoms with Crippen molar-refractivity contribution in [1.82, 2.24) is 9.97 Å². The number of nitrogens with zero attached hydrogens (tertiary/aromatic N) is 3. The zero-order chi connectivity index (χ0) is 19.4. The van der Waals surface area contributed by atoms with E-state index < -0.39 is 11.8 Å². The predicted molar refractivity (Wildman–Crippen MR) is 98.6 cm³/mol. The summed E-state index contributed by atoms with van der Waals surface area (Å²) in [5.74, 6) is -1.63. The van der Waals surface area contributed by atoms with E-state index in [-0.39, 0.29) is 52.4 Å². The van der Waals surface area contributed by atoms with E-state index in [1.54, 1.807) is 14.1 Å². The molecule has 0 spiro atoms. The Morgan fingerprint density at radius 2 is 2.15 bits per heavy atom. The van der Waals surface area contributed by atoms with Crippen LogP contribution in [0.4, 0.5) is 15.9 Å². The van der Waals surface area contributed by atoms with Crippen molar-refractivity contribution < 1.29 is 19.0 Å². The number of aliphatic hydroxyl groups excluding tert-OH is 1. The second kappa shape index (κ2) is 8.11. The number of aromatic nitrogens is 2. The van der Waals surface area contributed by atoms with Crippen LogP contribution in [0.1, 0.15) is 16.1 Å². The third-order valence-corrected chi connectivity index (χ3v) is 3.76. The van der Waals surface area contributed by atoms with Gasteiger partial charge in [0, 0.05) is 19.7 Å². The number of nitrogens with two attached hydrogens (primary N) is 1. The van der Waals surface area contributed by atoms with Crippen LogP contribution in [0, 0.1) is 5.82 Å². The molecule has 0 atom stereocenters. The number of ether oxygens (including phenoxy) is 1. The summed E-state index contributed by atoms with van der Waals surface area (Å²) in [5.41, 5.74) is 6.05. The Labute approximate surface area is 154 Å². The van der Waals surface area contributed by atoms with Crippen LogP contribution in [0.15, 0.2) is 18.7 Å². The van der Waals surface area contributed by atoms with Gasteiger partial charge in [0.25, 0.3) is 0 Å². The van der Waals surface area contributed by atoms with E-state index >= 15 is 0 Å². The molecule has 7 nitrogen and oxygen atoms in total. The van der Waals surface area contributed by atoms with Gasteiger partial charge in [-0.3, -0.25) is 0 Å². The molecule has 26 heavy (non-hydrogen) atoms. The molecule has 2 aromatic rings. The largest absolute Gasteiger partial charge is 0.459 e. The van der Waals surface area contributed by atoms with Gasteiger partial charge in [0.2, 0.25) is 0 Å². The quantitative estimate of drug-likeness (QED) is 0.742. The fraction of sp³-hybridized carbons (Fsp3) is 0.235. The number of halogens is 2. The first-order chi connectivity index (χ1) is 12.3. The molecular formula is C17H18ClFN4O3. The number of carbonyl (C=O) groups is 1. The van der Waals surface area contributed by atoms with Crippen LogP contribution in [0.3, 0.4) is 0 Å². The lowest BCUT2D eigenvalue weighted by Gasteiger charge is -2.17. The summed E-state index contributed by atoms with van der Waals surface area (Å²) in [6.07, 6.45) is 1.30. The van der Waals surface area contributed by atoms with Crippen LogP contribution in [0.2, 0.25) is 5.02 Å². The third-order valence-electron chi connectivity index (χ3n) is 3.45. The van der Waals surface area contributed by atoms with Crippen molar-refractivity contribution in [2.45, 2.75) is 0 Å². The molecule has 1 aromatic heterocycles. The van der Waals surface area contributed by atoms with Gasteiger partial charge in [-0.25, -0.2) is 19.2 Å². The van der Waals surface area contributed by atoms with Crippen molar-refractivity contribution in [3.05, 3.63) is 40.8 Å². The summed E-state index contributed by atoms with van der Waals surface area (Å²) in [4.78, 5) is 21.9. The van der Waals surface area contributed by atoms with Crippen molar-refractivity contribution in [2.24, 2.45) is 0 Å². The molecule has 0 radical (unpaired) electrons. The topological polar surface area (TPSA) is 102 Å². The maximum Gasteiger partial charge on any atom is 0.357 e. The monoisotopic (exact) mass is 380 g/mol. The van der Waals surface area contributed by atoms with Crippen molar-refractivity contribution in [2.75, 3.05) is 37.9 Å². The molecule has 3 N–H and O–H groups in total. The van der Waals surface area contributed by atoms with Crippen molar-refractivity contribution in [3.8, 4) is 11.4 Å². The highest BCUT2D eigenvalue weighted by atomic mass is 35.5. The standard InChI is InChI=1S/C17H18ClFN4O3/c1-4-9-13(17(25)26-8-7-24)21-16(22-15(9)20)10-5-6-11(18)14(12(10)19)23(2)3/h4-6,24H,1,7-8H2,2-3H3,(H2,20,21,22). The molecule has 0 aliphatic heterocycles. The smallest absolute Gasteiger partial charge is 0.357 e. The van der Waals surface area contributed by atoms with Crippen LogP contribution in [0.25, 0.3) is 17.5 Å². The minimum atomic E-state index is -0.827. The van der Waals surface area contributed by atoms with Gasteiger partial charge in [-0.2, -0.15) is 0 Å². The van der Waals surface area contributed by atoms with Gasteiger partial charge in [-0.15, -0.1) is 0 Å². The molecule has 0 saturated carbocycles. The van der Waals surface area contributed by atoms with Crippen molar-refractivity contribution in [1.29, 1.82) is 0 Å². The van der Waals surface area contributed by atoms with E-state index in [0.717, 1.165) is 0 Å². The molecule has 0 unspecified atom stereocenters. The maximum atomic E-state index is 14.9. The highest BCUT2D eigenvalue weighted by Gasteiger charge is 2.22. The van der Waals surface area contributed by atoms with E-state index in [1.165, 1.54) is 23.1 Å². The Hall–Kier alpha value is -2.71. The van der Waals surface area contributed by atoms with E-state index in [2.05, 4.69) is 16.5 Å². The average Bonchev–Trinajstić information content (AvgIpc) is 2.58. The Morgan fingerprint density at radius 3 is 2.73 bits per heavy atom. The third kappa shape index (κ3) is 3.76. The summed E-state index contributed by atoms with van der Waals surface area (Å²) in [6, 6.07) is 2.90. The highest BCUT2D eigenvalue weighted by molar-refractivity contribution is 6.33. The molecule has 0 aliphatic carbocycles. The molecule has 0 saturated heterocycles. The molecule has 0 fully saturated rings. The Kier molecular flexibility index (Phi) is 6.12. The minimum Gasteiger partial charge on any atom is -0.459 e. The van der Waals surface area contributed by atoms with Crippen LogP contribution in [-0.4, -0.2) is 48.4 Å². The van der Waals surface area contributed by atoms with Crippen LogP contribution in [-0.2, 0) is 4.74 Å². The van der Waals surface area contributed by atoms with Crippen LogP contribution < -0.4 is 10.6 Å². The lowest BCUT2D eigenvalue weighted by atomic mass is 10.1. The Balaban J connectivity index is 2.65. The molecule has 0 bridgehead atoms. The number of anilines is 2. The summed E-state index contributed by atoms with van der Waals surface area (Å²) in [5, 5.41) is 9.02. The van der Waals surface area contributed by atoms with E-state index in [9.17, 15) is 9.18 Å². The molecular weight excluding hydrogens is 363 g/mol. The first-order valence-corrected chi connectivity index (χ1v) is 7.93. The van der Waals surface area contributed by atoms with Gasteiger partial charge >= 0.3 is 5.97 Å². The number of hydrogen-bond donors (Lipinski definition) is 2. The predicted octanol–water partition coefficient (Wildman–Crippen LogP) is 2.38. The number of nitrogen functional groups attached to an aromatic ring is 1. The number of rotatable bonds is 6. The first-order valence-electron chi connectivity index (χ1n) is 7.55. The molecule has 1 aromatic carbocycles. The Bertz CT molecular complexity index is 858. The number of benzene rings is 1. The second-order valence-corrected chi connectivity index (χ2v) is 5.82. The van der Waals surface area contributed by atoms with Gasteiger partial charge in [-0.05, 0) is 12.1 Å². The Morgan fingerprint density at radius 1 is 1.46 bits per heavy atom. The summed E-state index contributed by atoms with van der Waals surface area (Å²) >= 11 is 6.04. The number of carbonyl (C=O) groups excluding carboxylic acids is 1. The van der Waals surface area contributed by atoms with Crippen molar-refractivity contribution >= 4 is 35.2 Å². The minimum absolute atomic E-state index is 0.0246. The molecule has 0 amide bonds. The van der Waals surface area contributed by atoms with Gasteiger partial charge < -0.3 is 20.5 Å². The first kappa shape index (κ1) is 19.6. The fourth-order valence-electron chi connectivity index (χ4n) is 2.29. The van der Waals surface area contributed by atoms with Gasteiger partial charge in [0.05, 0.1) is 22.9 Å². The molecule has 0 aliphatic rings. The fourth-order valence-corrected chi connectivity index (χ4v) is 2.61. The highest BCUT2D eigenvalue weighted by Crippen LogP contribution is 2.34. The lowest BCUT2D eigenvalue weighted by molar-refractivity contribution is 0.0427. The normalized spacial score (nSPS) is 10.5. The van der Waals surface area contributed by atoms with Gasteiger partial charge in [-0.1, -0.05) is 24.3 Å². The van der Waals surface area contributed by atoms with Crippen LogP contribution in [0.5, 0.6) is 0 Å². The van der Waals surface area contributed by atoms with E-state index in [4.69, 9.17) is 27.2 Å². The number of aliphatic hydroxyl groups is 1. The van der Waals surface area contributed by atoms with Gasteiger partial charge in [0.1, 0.15) is 12.4 Å². The summed E-state index contributed by atoms with van der Waals surface area (Å²) in [7, 11) is 3.28. The van der Waals surface area contributed by atoms with E-state index in [1.807, 2.05) is 0 Å². The van der Waals surface area contributed by atoms with Gasteiger partial charge in [0.15, 0.2) is 17.3 Å². The SMILES string of the molecule is C=Cc1c(N)nc(-c2ccc(Cl)c(N(C)C)c2F)nc1C(=O)OCCO. The zero-order valence-electron chi connectivity index (χ0n) is 14.3. The molecule has 1 heterocycles. The second-order valence-electron chi connectivity index (χ2n) is 5.41. The van der Waals surface area contributed by atoms with Crippen molar-refractivity contribution in [3.63, 3.8) is 0 Å². The molecule has 2 rings (SSSR count). The molecule has 9 heteroatoms. The average molecular weight is 381 g/mol. The summed E-state index contributed by atoms with van der Waals surface area (Å²) < 4.78 is 19.8. The van der Waals surface area contributed by atoms with Crippen LogP contribution >= 0.6 is 11.6 Å². The molecule has 138 valence electrons. The number of esters is 1. The van der Waals surface area contributed by atoms with E-state index in [0.29, 0.717) is 0 Å². The zero-order valence-corrected chi connectivity index (χ0v) is 15.0. The number of hydrogen-bond acceptors (Lipinski definition) is 7.